The Bertz CT molecular complexity index is 542. The zero-order valence-corrected chi connectivity index (χ0v) is 16.1. The third-order valence-electron chi connectivity index (χ3n) is 3.71. The molecule has 0 spiro atoms. The van der Waals surface area contributed by atoms with Gasteiger partial charge in [-0.1, -0.05) is 34.6 Å². The fourth-order valence-corrected chi connectivity index (χ4v) is 2.27. The Hall–Kier alpha value is -2.16. The Morgan fingerprint density at radius 2 is 1.92 bits per heavy atom. The van der Waals surface area contributed by atoms with Gasteiger partial charge in [0.05, 0.1) is 12.6 Å². The maximum absolute atomic E-state index is 12.6. The van der Waals surface area contributed by atoms with Crippen molar-refractivity contribution in [2.24, 2.45) is 11.3 Å². The lowest BCUT2D eigenvalue weighted by Gasteiger charge is -2.26. The number of nitrogens with one attached hydrogen (secondary N) is 4. The standard InChI is InChI=1S/C17H30N4O5/c1-10(2)12(20-16(25)26-9-17(3,4)5)14(23)19-11-7-6-8-18-21-15(24)13(11)22/h10-12,18H,6-9H2,1-5H3,(H,19,23)(H,20,25)(H,21,24). The molecule has 0 radical (unpaired) electrons. The fraction of sp³-hybridized carbons (Fsp3) is 0.765. The van der Waals surface area contributed by atoms with E-state index in [-0.39, 0.29) is 17.9 Å². The number of hydrogen-bond donors (Lipinski definition) is 4. The molecule has 9 nitrogen and oxygen atoms in total. The molecule has 1 saturated heterocycles. The van der Waals surface area contributed by atoms with Crippen molar-refractivity contribution in [3.63, 3.8) is 0 Å². The van der Waals surface area contributed by atoms with Gasteiger partial charge in [-0.25, -0.2) is 10.2 Å². The number of carbonyl (C=O) groups excluding carboxylic acids is 4. The fourth-order valence-electron chi connectivity index (χ4n) is 2.27. The Morgan fingerprint density at radius 3 is 2.50 bits per heavy atom. The highest BCUT2D eigenvalue weighted by Crippen LogP contribution is 2.13. The largest absolute Gasteiger partial charge is 0.449 e. The van der Waals surface area contributed by atoms with Crippen LogP contribution in [-0.2, 0) is 19.1 Å². The second-order valence-corrected chi connectivity index (χ2v) is 7.95. The molecule has 1 aliphatic heterocycles. The van der Waals surface area contributed by atoms with Crippen molar-refractivity contribution < 1.29 is 23.9 Å². The first-order valence-electron chi connectivity index (χ1n) is 8.82. The van der Waals surface area contributed by atoms with Crippen LogP contribution >= 0.6 is 0 Å². The Balaban J connectivity index is 2.70. The van der Waals surface area contributed by atoms with Crippen LogP contribution in [0.4, 0.5) is 4.79 Å². The highest BCUT2D eigenvalue weighted by molar-refractivity contribution is 6.38. The van der Waals surface area contributed by atoms with Gasteiger partial charge in [-0.3, -0.25) is 19.8 Å². The maximum Gasteiger partial charge on any atom is 0.407 e. The predicted octanol–water partition coefficient (Wildman–Crippen LogP) is 0.252. The minimum absolute atomic E-state index is 0.195. The summed E-state index contributed by atoms with van der Waals surface area (Å²) in [5, 5.41) is 5.11. The van der Waals surface area contributed by atoms with Crippen LogP contribution in [-0.4, -0.2) is 48.9 Å². The predicted molar refractivity (Wildman–Crippen MR) is 94.9 cm³/mol. The average molecular weight is 370 g/mol. The number of rotatable bonds is 5. The van der Waals surface area contributed by atoms with E-state index in [2.05, 4.69) is 21.5 Å². The quantitative estimate of drug-likeness (QED) is 0.514. The van der Waals surface area contributed by atoms with Crippen LogP contribution in [0.2, 0.25) is 0 Å². The molecule has 1 fully saturated rings. The van der Waals surface area contributed by atoms with Gasteiger partial charge in [-0.2, -0.15) is 0 Å². The lowest BCUT2D eigenvalue weighted by Crippen LogP contribution is -2.57. The highest BCUT2D eigenvalue weighted by atomic mass is 16.5. The van der Waals surface area contributed by atoms with Crippen molar-refractivity contribution >= 4 is 23.7 Å². The second-order valence-electron chi connectivity index (χ2n) is 7.95. The molecule has 1 aliphatic rings. The topological polar surface area (TPSA) is 126 Å². The molecule has 0 aromatic heterocycles. The summed E-state index contributed by atoms with van der Waals surface area (Å²) in [7, 11) is 0. The van der Waals surface area contributed by atoms with Gasteiger partial charge in [0.1, 0.15) is 6.04 Å². The summed E-state index contributed by atoms with van der Waals surface area (Å²) in [5.41, 5.74) is 4.71. The number of hydrogen-bond acceptors (Lipinski definition) is 6. The third-order valence-corrected chi connectivity index (χ3v) is 3.71. The third kappa shape index (κ3) is 7.38. The van der Waals surface area contributed by atoms with Gasteiger partial charge in [0.15, 0.2) is 0 Å². The number of ketones is 1. The second kappa shape index (κ2) is 9.51. The first kappa shape index (κ1) is 21.9. The summed E-state index contributed by atoms with van der Waals surface area (Å²) < 4.78 is 5.13. The van der Waals surface area contributed by atoms with Crippen LogP contribution in [0.25, 0.3) is 0 Å². The van der Waals surface area contributed by atoms with Crippen molar-refractivity contribution in [1.29, 1.82) is 0 Å². The molecule has 2 unspecified atom stereocenters. The van der Waals surface area contributed by atoms with Gasteiger partial charge in [0.2, 0.25) is 11.7 Å². The maximum atomic E-state index is 12.6. The molecular weight excluding hydrogens is 340 g/mol. The molecule has 9 heteroatoms. The van der Waals surface area contributed by atoms with Gasteiger partial charge in [0, 0.05) is 6.54 Å². The van der Waals surface area contributed by atoms with E-state index >= 15 is 0 Å². The zero-order valence-electron chi connectivity index (χ0n) is 16.1. The van der Waals surface area contributed by atoms with Crippen molar-refractivity contribution in [2.75, 3.05) is 13.2 Å². The van der Waals surface area contributed by atoms with Crippen molar-refractivity contribution in [1.82, 2.24) is 21.5 Å². The van der Waals surface area contributed by atoms with E-state index in [1.807, 2.05) is 20.8 Å². The molecule has 2 atom stereocenters. The smallest absolute Gasteiger partial charge is 0.407 e. The van der Waals surface area contributed by atoms with E-state index in [0.29, 0.717) is 19.4 Å². The van der Waals surface area contributed by atoms with Crippen LogP contribution in [0.1, 0.15) is 47.5 Å². The monoisotopic (exact) mass is 370 g/mol. The number of carbonyl (C=O) groups is 4. The van der Waals surface area contributed by atoms with Gasteiger partial charge in [-0.05, 0) is 24.2 Å². The highest BCUT2D eigenvalue weighted by Gasteiger charge is 2.32. The molecule has 3 amide bonds. The summed E-state index contributed by atoms with van der Waals surface area (Å²) in [5.74, 6) is -2.26. The van der Waals surface area contributed by atoms with Gasteiger partial charge in [0.25, 0.3) is 0 Å². The van der Waals surface area contributed by atoms with Crippen LogP contribution in [0.3, 0.4) is 0 Å². The Morgan fingerprint density at radius 1 is 1.27 bits per heavy atom. The summed E-state index contributed by atoms with van der Waals surface area (Å²) in [6.07, 6.45) is 0.244. The van der Waals surface area contributed by atoms with E-state index in [1.165, 1.54) is 0 Å². The van der Waals surface area contributed by atoms with E-state index in [9.17, 15) is 19.2 Å². The Labute approximate surface area is 154 Å². The number of ether oxygens (including phenoxy) is 1. The molecule has 148 valence electrons. The lowest BCUT2D eigenvalue weighted by molar-refractivity contribution is -0.141. The van der Waals surface area contributed by atoms with Crippen LogP contribution in [0.5, 0.6) is 0 Å². The zero-order chi connectivity index (χ0) is 19.9. The van der Waals surface area contributed by atoms with Crippen LogP contribution < -0.4 is 21.5 Å². The van der Waals surface area contributed by atoms with E-state index in [0.717, 1.165) is 0 Å². The number of amides is 3. The molecule has 1 rings (SSSR count). The van der Waals surface area contributed by atoms with E-state index in [1.54, 1.807) is 13.8 Å². The van der Waals surface area contributed by atoms with E-state index < -0.39 is 35.8 Å². The summed E-state index contributed by atoms with van der Waals surface area (Å²) >= 11 is 0. The molecule has 1 heterocycles. The molecule has 4 N–H and O–H groups in total. The normalized spacial score (nSPS) is 19.8. The summed E-state index contributed by atoms with van der Waals surface area (Å²) in [6.45, 7) is 10.0. The first-order valence-corrected chi connectivity index (χ1v) is 8.82. The summed E-state index contributed by atoms with van der Waals surface area (Å²) in [4.78, 5) is 48.3. The molecule has 0 aromatic rings. The minimum Gasteiger partial charge on any atom is -0.449 e. The molecule has 26 heavy (non-hydrogen) atoms. The van der Waals surface area contributed by atoms with Gasteiger partial charge < -0.3 is 15.4 Å². The van der Waals surface area contributed by atoms with Crippen molar-refractivity contribution in [3.05, 3.63) is 0 Å². The molecule has 0 saturated carbocycles. The number of hydrazine groups is 1. The van der Waals surface area contributed by atoms with Crippen LogP contribution in [0.15, 0.2) is 0 Å². The molecule has 0 aromatic carbocycles. The first-order chi connectivity index (χ1) is 12.0. The minimum atomic E-state index is -0.918. The number of Topliss-reactive ketones (excluding diaryl/α,β-unsaturated/α-hetero) is 1. The van der Waals surface area contributed by atoms with Crippen molar-refractivity contribution in [2.45, 2.75) is 59.5 Å². The van der Waals surface area contributed by atoms with Crippen LogP contribution in [0, 0.1) is 11.3 Å². The average Bonchev–Trinajstić information content (AvgIpc) is 2.53. The van der Waals surface area contributed by atoms with Gasteiger partial charge >= 0.3 is 12.0 Å². The van der Waals surface area contributed by atoms with Gasteiger partial charge in [-0.15, -0.1) is 0 Å². The Kier molecular flexibility index (Phi) is 8.01. The summed E-state index contributed by atoms with van der Waals surface area (Å²) in [6, 6.07) is -1.79. The number of alkyl carbamates (subject to hydrolysis) is 1. The molecule has 0 aliphatic carbocycles. The molecule has 0 bridgehead atoms. The molecular formula is C17H30N4O5. The lowest BCUT2D eigenvalue weighted by atomic mass is 9.99. The van der Waals surface area contributed by atoms with E-state index in [4.69, 9.17) is 4.74 Å². The SMILES string of the molecule is CC(C)C(NC(=O)OCC(C)(C)C)C(=O)NC1CCCNNC(=O)C1=O. The van der Waals surface area contributed by atoms with Crippen molar-refractivity contribution in [3.8, 4) is 0 Å².